The van der Waals surface area contributed by atoms with E-state index in [1.54, 1.807) is 0 Å². The van der Waals surface area contributed by atoms with Crippen molar-refractivity contribution in [2.24, 2.45) is 11.0 Å². The molecule has 0 bridgehead atoms. The van der Waals surface area contributed by atoms with E-state index >= 15 is 0 Å². The highest BCUT2D eigenvalue weighted by Gasteiger charge is 2.37. The lowest BCUT2D eigenvalue weighted by Gasteiger charge is -2.24. The summed E-state index contributed by atoms with van der Waals surface area (Å²) in [6.45, 7) is 0.414. The van der Waals surface area contributed by atoms with E-state index in [-0.39, 0.29) is 37.8 Å². The van der Waals surface area contributed by atoms with Crippen molar-refractivity contribution in [2.75, 3.05) is 13.1 Å². The number of halogens is 1. The number of azide groups is 1. The zero-order valence-corrected chi connectivity index (χ0v) is 11.7. The monoisotopic (exact) mass is 306 g/mol. The lowest BCUT2D eigenvalue weighted by atomic mass is 10.0. The van der Waals surface area contributed by atoms with E-state index < -0.39 is 17.8 Å². The fourth-order valence-corrected chi connectivity index (χ4v) is 2.56. The van der Waals surface area contributed by atoms with Crippen LogP contribution in [-0.4, -0.2) is 41.0 Å². The number of hydrogen-bond acceptors (Lipinski definition) is 3. The standard InChI is InChI=1S/C14H15FN4O3/c15-11-3-1-9(2-4-11)5-12(14(21)22)19-8-10(6-13(19)20)7-17-18-16/h1-4,10,12H,5-8H2,(H,21,22). The van der Waals surface area contributed by atoms with Gasteiger partial charge in [0, 0.05) is 30.8 Å². The molecule has 0 saturated carbocycles. The lowest BCUT2D eigenvalue weighted by molar-refractivity contribution is -0.148. The Hall–Kier alpha value is -2.60. The smallest absolute Gasteiger partial charge is 0.326 e. The highest BCUT2D eigenvalue weighted by atomic mass is 19.1. The van der Waals surface area contributed by atoms with Crippen LogP contribution in [-0.2, 0) is 16.0 Å². The van der Waals surface area contributed by atoms with Crippen molar-refractivity contribution >= 4 is 11.9 Å². The van der Waals surface area contributed by atoms with E-state index in [2.05, 4.69) is 10.0 Å². The quantitative estimate of drug-likeness (QED) is 0.493. The van der Waals surface area contributed by atoms with Gasteiger partial charge in [-0.3, -0.25) is 4.79 Å². The van der Waals surface area contributed by atoms with Crippen LogP contribution < -0.4 is 0 Å². The molecule has 8 heteroatoms. The average molecular weight is 306 g/mol. The molecule has 2 atom stereocenters. The highest BCUT2D eigenvalue weighted by Crippen LogP contribution is 2.23. The van der Waals surface area contributed by atoms with E-state index in [0.717, 1.165) is 0 Å². The topological polar surface area (TPSA) is 106 Å². The summed E-state index contributed by atoms with van der Waals surface area (Å²) in [5.74, 6) is -1.95. The van der Waals surface area contributed by atoms with E-state index in [9.17, 15) is 19.1 Å². The first-order chi connectivity index (χ1) is 10.5. The minimum Gasteiger partial charge on any atom is -0.480 e. The molecule has 1 fully saturated rings. The number of aliphatic carboxylic acids is 1. The first-order valence-corrected chi connectivity index (χ1v) is 6.79. The lowest BCUT2D eigenvalue weighted by Crippen LogP contribution is -2.43. The third kappa shape index (κ3) is 3.73. The number of hydrogen-bond donors (Lipinski definition) is 1. The van der Waals surface area contributed by atoms with Gasteiger partial charge in [-0.05, 0) is 29.1 Å². The molecule has 1 aliphatic rings. The van der Waals surface area contributed by atoms with E-state index in [0.29, 0.717) is 5.56 Å². The van der Waals surface area contributed by atoms with Gasteiger partial charge in [0.1, 0.15) is 11.9 Å². The molecule has 0 spiro atoms. The second kappa shape index (κ2) is 6.91. The van der Waals surface area contributed by atoms with E-state index in [1.165, 1.54) is 29.2 Å². The number of rotatable bonds is 6. The Balaban J connectivity index is 2.10. The summed E-state index contributed by atoms with van der Waals surface area (Å²) >= 11 is 0. The maximum atomic E-state index is 12.9. The van der Waals surface area contributed by atoms with Gasteiger partial charge >= 0.3 is 5.97 Å². The molecule has 0 aliphatic carbocycles. The van der Waals surface area contributed by atoms with Gasteiger partial charge < -0.3 is 10.0 Å². The molecule has 116 valence electrons. The normalized spacial score (nSPS) is 18.9. The van der Waals surface area contributed by atoms with Crippen LogP contribution >= 0.6 is 0 Å². The minimum absolute atomic E-state index is 0.107. The second-order valence-electron chi connectivity index (χ2n) is 5.21. The molecule has 2 rings (SSSR count). The largest absolute Gasteiger partial charge is 0.480 e. The highest BCUT2D eigenvalue weighted by molar-refractivity contribution is 5.85. The van der Waals surface area contributed by atoms with Gasteiger partial charge in [-0.25, -0.2) is 9.18 Å². The summed E-state index contributed by atoms with van der Waals surface area (Å²) in [5, 5.41) is 12.8. The van der Waals surface area contributed by atoms with Crippen LogP contribution in [0.4, 0.5) is 4.39 Å². The second-order valence-corrected chi connectivity index (χ2v) is 5.21. The van der Waals surface area contributed by atoms with E-state index in [4.69, 9.17) is 5.53 Å². The molecule has 1 heterocycles. The Morgan fingerprint density at radius 2 is 2.18 bits per heavy atom. The molecule has 0 aromatic heterocycles. The van der Waals surface area contributed by atoms with Gasteiger partial charge in [-0.1, -0.05) is 17.2 Å². The number of carbonyl (C=O) groups is 2. The molecular formula is C14H15FN4O3. The summed E-state index contributed by atoms with van der Waals surface area (Å²) in [7, 11) is 0. The van der Waals surface area contributed by atoms with Crippen LogP contribution in [0.2, 0.25) is 0 Å². The van der Waals surface area contributed by atoms with Crippen molar-refractivity contribution in [1.29, 1.82) is 0 Å². The number of nitrogens with zero attached hydrogens (tertiary/aromatic N) is 4. The molecule has 1 aromatic carbocycles. The SMILES string of the molecule is [N-]=[N+]=NCC1CC(=O)N(C(Cc2ccc(F)cc2)C(=O)O)C1. The van der Waals surface area contributed by atoms with Gasteiger partial charge in [-0.2, -0.15) is 0 Å². The minimum atomic E-state index is -1.11. The average Bonchev–Trinajstić information content (AvgIpc) is 2.85. The zero-order valence-electron chi connectivity index (χ0n) is 11.7. The summed E-state index contributed by atoms with van der Waals surface area (Å²) < 4.78 is 12.9. The number of benzene rings is 1. The maximum Gasteiger partial charge on any atom is 0.326 e. The Morgan fingerprint density at radius 1 is 1.50 bits per heavy atom. The first-order valence-electron chi connectivity index (χ1n) is 6.79. The zero-order chi connectivity index (χ0) is 16.1. The van der Waals surface area contributed by atoms with Gasteiger partial charge in [0.2, 0.25) is 5.91 Å². The van der Waals surface area contributed by atoms with Crippen LogP contribution in [0.5, 0.6) is 0 Å². The summed E-state index contributed by atoms with van der Waals surface area (Å²) in [6, 6.07) is 4.51. The van der Waals surface area contributed by atoms with Crippen molar-refractivity contribution in [3.05, 3.63) is 46.1 Å². The summed E-state index contributed by atoms with van der Waals surface area (Å²) in [5.41, 5.74) is 8.95. The van der Waals surface area contributed by atoms with Crippen molar-refractivity contribution in [2.45, 2.75) is 18.9 Å². The fourth-order valence-electron chi connectivity index (χ4n) is 2.56. The molecule has 1 N–H and O–H groups in total. The molecule has 2 unspecified atom stereocenters. The number of likely N-dealkylation sites (tertiary alicyclic amines) is 1. The van der Waals surface area contributed by atoms with Crippen LogP contribution in [0.25, 0.3) is 10.4 Å². The predicted molar refractivity (Wildman–Crippen MR) is 75.4 cm³/mol. The molecule has 1 amide bonds. The number of carboxylic acids is 1. The van der Waals surface area contributed by atoms with Gasteiger partial charge in [-0.15, -0.1) is 0 Å². The van der Waals surface area contributed by atoms with Gasteiger partial charge in [0.05, 0.1) is 0 Å². The Morgan fingerprint density at radius 3 is 2.77 bits per heavy atom. The third-order valence-electron chi connectivity index (χ3n) is 3.65. The first kappa shape index (κ1) is 15.8. The van der Waals surface area contributed by atoms with Crippen LogP contribution in [0.3, 0.4) is 0 Å². The van der Waals surface area contributed by atoms with Crippen molar-refractivity contribution in [3.63, 3.8) is 0 Å². The van der Waals surface area contributed by atoms with Crippen molar-refractivity contribution < 1.29 is 19.1 Å². The van der Waals surface area contributed by atoms with Crippen LogP contribution in [0.1, 0.15) is 12.0 Å². The number of amides is 1. The fraction of sp³-hybridized carbons (Fsp3) is 0.429. The molecule has 7 nitrogen and oxygen atoms in total. The number of carboxylic acid groups (broad SMARTS) is 1. The van der Waals surface area contributed by atoms with Crippen LogP contribution in [0.15, 0.2) is 29.4 Å². The molecular weight excluding hydrogens is 291 g/mol. The van der Waals surface area contributed by atoms with Gasteiger partial charge in [0.15, 0.2) is 0 Å². The van der Waals surface area contributed by atoms with Gasteiger partial charge in [0.25, 0.3) is 0 Å². The molecule has 1 aromatic rings. The van der Waals surface area contributed by atoms with Crippen molar-refractivity contribution in [1.82, 2.24) is 4.90 Å². The third-order valence-corrected chi connectivity index (χ3v) is 3.65. The Kier molecular flexibility index (Phi) is 4.95. The maximum absolute atomic E-state index is 12.9. The van der Waals surface area contributed by atoms with Crippen molar-refractivity contribution in [3.8, 4) is 0 Å². The Labute approximate surface area is 126 Å². The Bertz CT molecular complexity index is 613. The molecule has 0 radical (unpaired) electrons. The summed E-state index contributed by atoms with van der Waals surface area (Å²) in [6.07, 6.45) is 0.280. The number of carbonyl (C=O) groups excluding carboxylic acids is 1. The van der Waals surface area contributed by atoms with E-state index in [1.807, 2.05) is 0 Å². The predicted octanol–water partition coefficient (Wildman–Crippen LogP) is 1.98. The molecule has 22 heavy (non-hydrogen) atoms. The molecule has 1 saturated heterocycles. The summed E-state index contributed by atoms with van der Waals surface area (Å²) in [4.78, 5) is 27.4. The molecule has 1 aliphatic heterocycles. The van der Waals surface area contributed by atoms with Crippen LogP contribution in [0, 0.1) is 11.7 Å².